The summed E-state index contributed by atoms with van der Waals surface area (Å²) in [5.74, 6) is 0.790. The van der Waals surface area contributed by atoms with E-state index in [9.17, 15) is 5.11 Å². The van der Waals surface area contributed by atoms with Gasteiger partial charge in [0.25, 0.3) is 11.8 Å². The number of phenols is 1. The van der Waals surface area contributed by atoms with Crippen LogP contribution in [-0.4, -0.2) is 49.7 Å². The summed E-state index contributed by atoms with van der Waals surface area (Å²) < 4.78 is 5.24. The lowest BCUT2D eigenvalue weighted by Crippen LogP contribution is -2.10. The van der Waals surface area contributed by atoms with Gasteiger partial charge in [0.05, 0.1) is 17.4 Å². The Bertz CT molecular complexity index is 1060. The summed E-state index contributed by atoms with van der Waals surface area (Å²) in [6.45, 7) is 0.388. The van der Waals surface area contributed by atoms with Gasteiger partial charge in [0.15, 0.2) is 5.65 Å². The van der Waals surface area contributed by atoms with Gasteiger partial charge in [-0.1, -0.05) is 17.3 Å². The molecule has 0 radical (unpaired) electrons. The van der Waals surface area contributed by atoms with Crippen molar-refractivity contribution in [1.82, 2.24) is 30.5 Å². The lowest BCUT2D eigenvalue weighted by molar-refractivity contribution is 0.423. The second kappa shape index (κ2) is 6.31. The van der Waals surface area contributed by atoms with Crippen molar-refractivity contribution in [2.75, 3.05) is 24.3 Å². The maximum Gasteiger partial charge on any atom is 0.265 e. The minimum atomic E-state index is 0.0874. The van der Waals surface area contributed by atoms with Gasteiger partial charge in [-0.25, -0.2) is 10.1 Å². The minimum Gasteiger partial charge on any atom is -0.507 e. The van der Waals surface area contributed by atoms with Gasteiger partial charge in [0.1, 0.15) is 11.3 Å². The number of para-hydroxylation sites is 1. The molecule has 4 aromatic rings. The van der Waals surface area contributed by atoms with Crippen LogP contribution in [0, 0.1) is 0 Å². The number of H-pyrrole nitrogens is 1. The van der Waals surface area contributed by atoms with E-state index < -0.39 is 0 Å². The molecule has 0 aliphatic rings. The number of hydrogen-bond acceptors (Lipinski definition) is 9. The number of benzene rings is 1. The quantitative estimate of drug-likeness (QED) is 0.492. The summed E-state index contributed by atoms with van der Waals surface area (Å²) in [4.78, 5) is 10.2. The number of anilines is 2. The van der Waals surface area contributed by atoms with E-state index in [0.29, 0.717) is 34.8 Å². The Kier molecular flexibility index (Phi) is 3.84. The first-order chi connectivity index (χ1) is 12.6. The molecule has 3 N–H and O–H groups in total. The first-order valence-electron chi connectivity index (χ1n) is 7.85. The van der Waals surface area contributed by atoms with Crippen LogP contribution in [0.1, 0.15) is 5.56 Å². The topological polar surface area (TPSA) is 129 Å². The third-order valence-electron chi connectivity index (χ3n) is 3.83. The van der Waals surface area contributed by atoms with Crippen molar-refractivity contribution in [3.63, 3.8) is 0 Å². The average Bonchev–Trinajstić information content (AvgIpc) is 3.30. The van der Waals surface area contributed by atoms with Crippen LogP contribution in [0.5, 0.6) is 5.75 Å². The number of aromatic nitrogens is 6. The van der Waals surface area contributed by atoms with Crippen LogP contribution >= 0.6 is 0 Å². The van der Waals surface area contributed by atoms with Crippen molar-refractivity contribution in [3.05, 3.63) is 36.0 Å². The van der Waals surface area contributed by atoms with Crippen molar-refractivity contribution in [3.8, 4) is 17.2 Å². The number of rotatable bonds is 5. The zero-order chi connectivity index (χ0) is 18.1. The van der Waals surface area contributed by atoms with Crippen LogP contribution < -0.4 is 10.2 Å². The predicted molar refractivity (Wildman–Crippen MR) is 94.7 cm³/mol. The Hall–Kier alpha value is -3.69. The molecule has 4 rings (SSSR count). The number of phenolic OH excluding ortho intramolecular Hbond substituents is 1. The molecule has 0 aliphatic carbocycles. The van der Waals surface area contributed by atoms with Crippen LogP contribution in [0.3, 0.4) is 0 Å². The molecule has 3 aromatic heterocycles. The highest BCUT2D eigenvalue weighted by atomic mass is 16.5. The molecule has 10 nitrogen and oxygen atoms in total. The van der Waals surface area contributed by atoms with E-state index >= 15 is 0 Å². The minimum absolute atomic E-state index is 0.0874. The molecule has 0 amide bonds. The number of nitrogens with one attached hydrogen (secondary N) is 2. The van der Waals surface area contributed by atoms with Crippen molar-refractivity contribution in [1.29, 1.82) is 0 Å². The highest BCUT2D eigenvalue weighted by Gasteiger charge is 2.16. The third-order valence-corrected chi connectivity index (χ3v) is 3.83. The molecule has 1 aromatic carbocycles. The molecule has 0 saturated heterocycles. The Balaban J connectivity index is 1.56. The number of nitrogens with zero attached hydrogens (tertiary/aromatic N) is 6. The van der Waals surface area contributed by atoms with Crippen LogP contribution in [0.15, 0.2) is 35.0 Å². The zero-order valence-electron chi connectivity index (χ0n) is 14.1. The fourth-order valence-corrected chi connectivity index (χ4v) is 2.45. The summed E-state index contributed by atoms with van der Waals surface area (Å²) in [7, 11) is 3.63. The van der Waals surface area contributed by atoms with Gasteiger partial charge in [0.2, 0.25) is 0 Å². The van der Waals surface area contributed by atoms with Crippen LogP contribution in [0.2, 0.25) is 0 Å². The molecular weight excluding hydrogens is 336 g/mol. The Morgan fingerprint density at radius 3 is 3.00 bits per heavy atom. The number of pyridine rings is 1. The summed E-state index contributed by atoms with van der Waals surface area (Å²) in [5.41, 5.74) is 3.22. The summed E-state index contributed by atoms with van der Waals surface area (Å²) in [6.07, 6.45) is 1.67. The fourth-order valence-electron chi connectivity index (χ4n) is 2.45. The SMILES string of the molecule is CN(C)c1noc(-c2cccc(CNc3cnc4[nH]nnc4c3)c2O)n1. The molecule has 0 saturated carbocycles. The Morgan fingerprint density at radius 1 is 1.31 bits per heavy atom. The van der Waals surface area contributed by atoms with Crippen molar-refractivity contribution < 1.29 is 9.63 Å². The lowest BCUT2D eigenvalue weighted by atomic mass is 10.1. The zero-order valence-corrected chi connectivity index (χ0v) is 14.1. The normalized spacial score (nSPS) is 11.0. The van der Waals surface area contributed by atoms with Crippen LogP contribution in [0.4, 0.5) is 11.6 Å². The van der Waals surface area contributed by atoms with E-state index in [1.807, 2.05) is 32.3 Å². The molecule has 10 heteroatoms. The van der Waals surface area contributed by atoms with Gasteiger partial charge in [0, 0.05) is 26.2 Å². The van der Waals surface area contributed by atoms with E-state index in [0.717, 1.165) is 5.69 Å². The van der Waals surface area contributed by atoms with Gasteiger partial charge >= 0.3 is 0 Å². The van der Waals surface area contributed by atoms with E-state index in [4.69, 9.17) is 4.52 Å². The Morgan fingerprint density at radius 2 is 2.19 bits per heavy atom. The van der Waals surface area contributed by atoms with E-state index in [1.165, 1.54) is 0 Å². The van der Waals surface area contributed by atoms with E-state index in [-0.39, 0.29) is 11.6 Å². The van der Waals surface area contributed by atoms with Crippen molar-refractivity contribution in [2.24, 2.45) is 0 Å². The van der Waals surface area contributed by atoms with Crippen LogP contribution in [0.25, 0.3) is 22.6 Å². The van der Waals surface area contributed by atoms with Gasteiger partial charge in [-0.2, -0.15) is 4.98 Å². The van der Waals surface area contributed by atoms with E-state index in [2.05, 4.69) is 35.9 Å². The van der Waals surface area contributed by atoms with Crippen molar-refractivity contribution in [2.45, 2.75) is 6.54 Å². The molecule has 0 bridgehead atoms. The highest BCUT2D eigenvalue weighted by Crippen LogP contribution is 2.32. The summed E-state index contributed by atoms with van der Waals surface area (Å²) in [5, 5.41) is 28.0. The fraction of sp³-hybridized carbons (Fsp3) is 0.188. The molecular formula is C16H16N8O2. The van der Waals surface area contributed by atoms with Gasteiger partial charge in [-0.15, -0.1) is 5.10 Å². The summed E-state index contributed by atoms with van der Waals surface area (Å²) in [6, 6.07) is 7.20. The molecule has 0 unspecified atom stereocenters. The summed E-state index contributed by atoms with van der Waals surface area (Å²) >= 11 is 0. The largest absolute Gasteiger partial charge is 0.507 e. The number of fused-ring (bicyclic) bond motifs is 1. The number of aromatic hydroxyl groups is 1. The highest BCUT2D eigenvalue weighted by molar-refractivity contribution is 5.73. The molecule has 132 valence electrons. The van der Waals surface area contributed by atoms with E-state index in [1.54, 1.807) is 17.2 Å². The van der Waals surface area contributed by atoms with Gasteiger partial charge in [-0.3, -0.25) is 0 Å². The second-order valence-electron chi connectivity index (χ2n) is 5.86. The van der Waals surface area contributed by atoms with Crippen LogP contribution in [-0.2, 0) is 6.54 Å². The van der Waals surface area contributed by atoms with Gasteiger partial charge < -0.3 is 19.8 Å². The number of hydrogen-bond donors (Lipinski definition) is 3. The lowest BCUT2D eigenvalue weighted by Gasteiger charge is -2.09. The molecule has 3 heterocycles. The maximum absolute atomic E-state index is 10.6. The third kappa shape index (κ3) is 2.88. The molecule has 0 fully saturated rings. The smallest absolute Gasteiger partial charge is 0.265 e. The van der Waals surface area contributed by atoms with Crippen molar-refractivity contribution >= 4 is 22.8 Å². The van der Waals surface area contributed by atoms with Gasteiger partial charge in [-0.05, 0) is 17.3 Å². The molecule has 0 aliphatic heterocycles. The first kappa shape index (κ1) is 15.8. The average molecular weight is 352 g/mol. The predicted octanol–water partition coefficient (Wildman–Crippen LogP) is 1.79. The second-order valence-corrected chi connectivity index (χ2v) is 5.86. The number of aromatic amines is 1. The molecule has 26 heavy (non-hydrogen) atoms. The monoisotopic (exact) mass is 352 g/mol. The molecule has 0 atom stereocenters. The first-order valence-corrected chi connectivity index (χ1v) is 7.85. The maximum atomic E-state index is 10.6. The Labute approximate surface area is 147 Å². The molecule has 0 spiro atoms. The standard InChI is InChI=1S/C16H16N8O2/c1-24(2)16-19-15(26-22-16)11-5-3-4-9(13(11)25)7-17-10-6-12-14(18-8-10)21-23-20-12/h3-6,8,17,25H,7H2,1-2H3,(H,18,20,21,23).